The van der Waals surface area contributed by atoms with Gasteiger partial charge in [-0.15, -0.1) is 0 Å². The van der Waals surface area contributed by atoms with Crippen LogP contribution in [0.4, 0.5) is 0 Å². The summed E-state index contributed by atoms with van der Waals surface area (Å²) in [4.78, 5) is 0. The Hall–Kier alpha value is -0.795. The van der Waals surface area contributed by atoms with E-state index in [0.717, 1.165) is 22.2 Å². The average molecular weight is 190 g/mol. The van der Waals surface area contributed by atoms with E-state index < -0.39 is 0 Å². The zero-order valence-corrected chi connectivity index (χ0v) is 9.13. The highest BCUT2D eigenvalue weighted by Gasteiger charge is 2.12. The molecule has 1 rings (SSSR count). The van der Waals surface area contributed by atoms with E-state index in [1.807, 2.05) is 26.0 Å². The van der Waals surface area contributed by atoms with Gasteiger partial charge in [-0.05, 0) is 13.8 Å². The maximum atomic E-state index is 5.94. The predicted octanol–water partition coefficient (Wildman–Crippen LogP) is 1.39. The van der Waals surface area contributed by atoms with Crippen LogP contribution in [0.15, 0.2) is 12.1 Å². The molecule has 0 amide bonds. The van der Waals surface area contributed by atoms with Gasteiger partial charge in [-0.25, -0.2) is 0 Å². The smallest absolute Gasteiger partial charge is 0.182 e. The van der Waals surface area contributed by atoms with Crippen LogP contribution in [0.25, 0.3) is 0 Å². The van der Waals surface area contributed by atoms with Crippen LogP contribution in [0.3, 0.4) is 0 Å². The monoisotopic (exact) mass is 190 g/mol. The largest absolute Gasteiger partial charge is 0.352 e. The van der Waals surface area contributed by atoms with E-state index in [2.05, 4.69) is 0 Å². The standard InChI is InChI=1S/C11H15BO2/c1-7-5-8(2)10(12)9(6-7)11(13-3)14-4/h5-6,11H,1-4H3. The number of benzene rings is 1. The van der Waals surface area contributed by atoms with E-state index in [4.69, 9.17) is 17.3 Å². The molecular formula is C11H15BO2. The van der Waals surface area contributed by atoms with E-state index in [9.17, 15) is 0 Å². The Kier molecular flexibility index (Phi) is 3.73. The van der Waals surface area contributed by atoms with Crippen LogP contribution in [0.1, 0.15) is 23.0 Å². The minimum atomic E-state index is -0.381. The van der Waals surface area contributed by atoms with Gasteiger partial charge in [0.2, 0.25) is 0 Å². The molecule has 0 bridgehead atoms. The van der Waals surface area contributed by atoms with E-state index in [1.54, 1.807) is 14.2 Å². The van der Waals surface area contributed by atoms with Gasteiger partial charge in [-0.3, -0.25) is 0 Å². The Morgan fingerprint density at radius 2 is 1.71 bits per heavy atom. The summed E-state index contributed by atoms with van der Waals surface area (Å²) in [5.74, 6) is 0. The zero-order chi connectivity index (χ0) is 10.7. The Labute approximate surface area is 86.6 Å². The molecule has 0 aliphatic carbocycles. The Balaban J connectivity index is 3.18. The third-order valence-corrected chi connectivity index (χ3v) is 2.25. The quantitative estimate of drug-likeness (QED) is 0.529. The first kappa shape index (κ1) is 11.3. The van der Waals surface area contributed by atoms with E-state index >= 15 is 0 Å². The fraction of sp³-hybridized carbons (Fsp3) is 0.455. The van der Waals surface area contributed by atoms with Gasteiger partial charge < -0.3 is 9.47 Å². The first-order valence-electron chi connectivity index (χ1n) is 4.52. The summed E-state index contributed by atoms with van der Waals surface area (Å²) < 4.78 is 10.3. The zero-order valence-electron chi connectivity index (χ0n) is 9.13. The van der Waals surface area contributed by atoms with Crippen molar-refractivity contribution in [2.24, 2.45) is 0 Å². The number of hydrogen-bond donors (Lipinski definition) is 0. The third-order valence-electron chi connectivity index (χ3n) is 2.25. The van der Waals surface area contributed by atoms with Gasteiger partial charge in [0, 0.05) is 19.8 Å². The molecule has 0 spiro atoms. The molecule has 0 aliphatic rings. The Morgan fingerprint density at radius 3 is 2.21 bits per heavy atom. The van der Waals surface area contributed by atoms with Crippen molar-refractivity contribution in [3.8, 4) is 0 Å². The molecule has 0 N–H and O–H groups in total. The molecule has 0 fully saturated rings. The number of rotatable bonds is 3. The maximum Gasteiger partial charge on any atom is 0.182 e. The lowest BCUT2D eigenvalue weighted by Crippen LogP contribution is -2.20. The molecule has 0 atom stereocenters. The first-order valence-corrected chi connectivity index (χ1v) is 4.52. The summed E-state index contributed by atoms with van der Waals surface area (Å²) in [7, 11) is 9.15. The average Bonchev–Trinajstić information content (AvgIpc) is 2.15. The third kappa shape index (κ3) is 2.17. The Morgan fingerprint density at radius 1 is 1.14 bits per heavy atom. The summed E-state index contributed by atoms with van der Waals surface area (Å²) in [6.45, 7) is 4.01. The van der Waals surface area contributed by atoms with E-state index in [-0.39, 0.29) is 6.29 Å². The SMILES string of the molecule is [B]c1c(C)cc(C)cc1C(OC)OC. The number of ether oxygens (including phenoxy) is 2. The molecule has 14 heavy (non-hydrogen) atoms. The highest BCUT2D eigenvalue weighted by Crippen LogP contribution is 2.17. The molecular weight excluding hydrogens is 175 g/mol. The van der Waals surface area contributed by atoms with Crippen molar-refractivity contribution in [2.45, 2.75) is 20.1 Å². The van der Waals surface area contributed by atoms with Crippen LogP contribution < -0.4 is 5.46 Å². The first-order chi connectivity index (χ1) is 6.60. The summed E-state index contributed by atoms with van der Waals surface area (Å²) in [6, 6.07) is 4.03. The number of hydrogen-bond acceptors (Lipinski definition) is 2. The summed E-state index contributed by atoms with van der Waals surface area (Å²) in [6.07, 6.45) is -0.381. The maximum absolute atomic E-state index is 5.94. The van der Waals surface area contributed by atoms with Crippen molar-refractivity contribution in [3.63, 3.8) is 0 Å². The van der Waals surface area contributed by atoms with Crippen molar-refractivity contribution < 1.29 is 9.47 Å². The second kappa shape index (κ2) is 4.62. The second-order valence-electron chi connectivity index (χ2n) is 3.39. The number of methoxy groups -OCH3 is 2. The molecule has 74 valence electrons. The molecule has 2 nitrogen and oxygen atoms in total. The van der Waals surface area contributed by atoms with Gasteiger partial charge in [-0.2, -0.15) is 0 Å². The van der Waals surface area contributed by atoms with Gasteiger partial charge in [0.05, 0.1) is 0 Å². The van der Waals surface area contributed by atoms with Crippen molar-refractivity contribution in [3.05, 3.63) is 28.8 Å². The van der Waals surface area contributed by atoms with Gasteiger partial charge in [-0.1, -0.05) is 28.7 Å². The predicted molar refractivity (Wildman–Crippen MR) is 58.1 cm³/mol. The second-order valence-corrected chi connectivity index (χ2v) is 3.39. The lowest BCUT2D eigenvalue weighted by atomic mass is 9.85. The van der Waals surface area contributed by atoms with Crippen LogP contribution in [-0.4, -0.2) is 22.1 Å². The van der Waals surface area contributed by atoms with Crippen LogP contribution >= 0.6 is 0 Å². The Bertz CT molecular complexity index is 319. The molecule has 0 aliphatic heterocycles. The molecule has 1 aromatic rings. The number of aryl methyl sites for hydroxylation is 2. The van der Waals surface area contributed by atoms with Gasteiger partial charge in [0.15, 0.2) is 6.29 Å². The van der Waals surface area contributed by atoms with Crippen molar-refractivity contribution in [1.82, 2.24) is 0 Å². The van der Waals surface area contributed by atoms with Crippen molar-refractivity contribution in [2.75, 3.05) is 14.2 Å². The lowest BCUT2D eigenvalue weighted by molar-refractivity contribution is -0.105. The van der Waals surface area contributed by atoms with Crippen LogP contribution in [0.2, 0.25) is 0 Å². The fourth-order valence-electron chi connectivity index (χ4n) is 1.56. The molecule has 3 heteroatoms. The topological polar surface area (TPSA) is 18.5 Å². The van der Waals surface area contributed by atoms with Crippen molar-refractivity contribution in [1.29, 1.82) is 0 Å². The fourth-order valence-corrected chi connectivity index (χ4v) is 1.56. The minimum Gasteiger partial charge on any atom is -0.352 e. The van der Waals surface area contributed by atoms with E-state index in [0.29, 0.717) is 0 Å². The summed E-state index contributed by atoms with van der Waals surface area (Å²) >= 11 is 0. The van der Waals surface area contributed by atoms with Crippen LogP contribution in [0, 0.1) is 13.8 Å². The van der Waals surface area contributed by atoms with Gasteiger partial charge >= 0.3 is 0 Å². The lowest BCUT2D eigenvalue weighted by Gasteiger charge is -2.18. The minimum absolute atomic E-state index is 0.381. The normalized spacial score (nSPS) is 10.9. The van der Waals surface area contributed by atoms with Crippen LogP contribution in [0.5, 0.6) is 0 Å². The molecule has 0 saturated heterocycles. The summed E-state index contributed by atoms with van der Waals surface area (Å²) in [5.41, 5.74) is 3.85. The molecule has 0 saturated carbocycles. The van der Waals surface area contributed by atoms with Gasteiger partial charge in [0.1, 0.15) is 7.85 Å². The van der Waals surface area contributed by atoms with Gasteiger partial charge in [0.25, 0.3) is 0 Å². The van der Waals surface area contributed by atoms with Crippen LogP contribution in [-0.2, 0) is 9.47 Å². The van der Waals surface area contributed by atoms with Crippen molar-refractivity contribution >= 4 is 13.3 Å². The molecule has 0 unspecified atom stereocenters. The highest BCUT2D eigenvalue weighted by molar-refractivity contribution is 6.34. The molecule has 2 radical (unpaired) electrons. The molecule has 1 aromatic carbocycles. The molecule has 0 heterocycles. The molecule has 0 aromatic heterocycles. The van der Waals surface area contributed by atoms with E-state index in [1.165, 1.54) is 0 Å². The highest BCUT2D eigenvalue weighted by atomic mass is 16.7. The summed E-state index contributed by atoms with van der Waals surface area (Å²) in [5, 5.41) is 0.